The molecule has 2 aromatic rings. The van der Waals surface area contributed by atoms with Crippen molar-refractivity contribution < 1.29 is 9.18 Å². The van der Waals surface area contributed by atoms with Crippen LogP contribution in [0.15, 0.2) is 23.1 Å². The van der Waals surface area contributed by atoms with Gasteiger partial charge in [0.2, 0.25) is 5.95 Å². The second kappa shape index (κ2) is 3.56. The fraction of sp³-hybridized carbons (Fsp3) is 0.111. The zero-order valence-electron chi connectivity index (χ0n) is 7.55. The monoisotopic (exact) mass is 207 g/mol. The minimum atomic E-state index is -0.713. The highest BCUT2D eigenvalue weighted by molar-refractivity contribution is 5.70. The number of halogens is 1. The Morgan fingerprint density at radius 3 is 3.00 bits per heavy atom. The molecule has 6 heteroatoms. The van der Waals surface area contributed by atoms with Crippen LogP contribution in [0.25, 0.3) is 11.2 Å². The third-order valence-corrected chi connectivity index (χ3v) is 1.91. The molecule has 0 aliphatic carbocycles. The fourth-order valence-electron chi connectivity index (χ4n) is 1.27. The Kier molecular flexibility index (Phi) is 2.24. The third-order valence-electron chi connectivity index (χ3n) is 1.91. The van der Waals surface area contributed by atoms with Crippen molar-refractivity contribution in [1.82, 2.24) is 14.5 Å². The van der Waals surface area contributed by atoms with Gasteiger partial charge in [0.1, 0.15) is 11.8 Å². The zero-order chi connectivity index (χ0) is 10.8. The van der Waals surface area contributed by atoms with Gasteiger partial charge < -0.3 is 4.79 Å². The van der Waals surface area contributed by atoms with Crippen LogP contribution in [0.4, 0.5) is 4.39 Å². The van der Waals surface area contributed by atoms with E-state index < -0.39 is 11.5 Å². The van der Waals surface area contributed by atoms with Crippen molar-refractivity contribution in [2.24, 2.45) is 0 Å². The normalized spacial score (nSPS) is 10.5. The molecule has 0 atom stereocenters. The summed E-state index contributed by atoms with van der Waals surface area (Å²) in [5, 5.41) is 0. The summed E-state index contributed by atoms with van der Waals surface area (Å²) in [5.41, 5.74) is -0.0276. The highest BCUT2D eigenvalue weighted by Crippen LogP contribution is 2.06. The summed E-state index contributed by atoms with van der Waals surface area (Å²) in [4.78, 5) is 29.0. The number of carbonyl (C=O) groups is 1. The van der Waals surface area contributed by atoms with Crippen LogP contribution in [-0.2, 0) is 11.3 Å². The second-order valence-corrected chi connectivity index (χ2v) is 2.85. The number of aromatic nitrogens is 3. The van der Waals surface area contributed by atoms with E-state index in [1.54, 1.807) is 0 Å². The average molecular weight is 207 g/mol. The summed E-state index contributed by atoms with van der Waals surface area (Å²) in [6.07, 6.45) is 1.62. The molecule has 0 aromatic carbocycles. The maximum atomic E-state index is 12.8. The Morgan fingerprint density at radius 1 is 1.47 bits per heavy atom. The lowest BCUT2D eigenvalue weighted by atomic mass is 10.4. The molecule has 5 nitrogen and oxygen atoms in total. The van der Waals surface area contributed by atoms with E-state index in [-0.39, 0.29) is 12.2 Å². The van der Waals surface area contributed by atoms with Gasteiger partial charge in [-0.25, -0.2) is 4.98 Å². The summed E-state index contributed by atoms with van der Waals surface area (Å²) in [7, 11) is 0. The van der Waals surface area contributed by atoms with Crippen molar-refractivity contribution in [3.63, 3.8) is 0 Å². The first-order valence-corrected chi connectivity index (χ1v) is 4.18. The molecule has 0 amide bonds. The van der Waals surface area contributed by atoms with Crippen molar-refractivity contribution in [2.45, 2.75) is 6.54 Å². The van der Waals surface area contributed by atoms with Crippen molar-refractivity contribution in [3.05, 3.63) is 34.6 Å². The Balaban J connectivity index is 2.84. The molecule has 0 aliphatic rings. The summed E-state index contributed by atoms with van der Waals surface area (Å²) in [6, 6.07) is 2.55. The topological polar surface area (TPSA) is 64.8 Å². The molecule has 2 aromatic heterocycles. The van der Waals surface area contributed by atoms with E-state index in [0.717, 1.165) is 16.8 Å². The first-order valence-electron chi connectivity index (χ1n) is 4.18. The summed E-state index contributed by atoms with van der Waals surface area (Å²) in [6.45, 7) is -0.158. The number of rotatable bonds is 2. The number of hydrogen-bond acceptors (Lipinski definition) is 4. The van der Waals surface area contributed by atoms with Gasteiger partial charge in [0.05, 0.1) is 12.7 Å². The van der Waals surface area contributed by atoms with Crippen LogP contribution in [-0.4, -0.2) is 20.8 Å². The largest absolute Gasteiger partial charge is 0.301 e. The Hall–Kier alpha value is -2.11. The van der Waals surface area contributed by atoms with Gasteiger partial charge in [0.15, 0.2) is 5.65 Å². The molecule has 0 unspecified atom stereocenters. The standard InChI is InChI=1S/C9H6FN3O2/c10-7-2-1-6-9(12-7)13(3-4-14)8(15)5-11-6/h1-2,4-5H,3H2. The number of fused-ring (bicyclic) bond motifs is 1. The van der Waals surface area contributed by atoms with Crippen molar-refractivity contribution in [3.8, 4) is 0 Å². The lowest BCUT2D eigenvalue weighted by Gasteiger charge is -2.03. The fourth-order valence-corrected chi connectivity index (χ4v) is 1.27. The Labute approximate surface area is 83.2 Å². The number of carbonyl (C=O) groups excluding carboxylic acids is 1. The van der Waals surface area contributed by atoms with E-state index in [0.29, 0.717) is 11.8 Å². The number of pyridine rings is 1. The van der Waals surface area contributed by atoms with Gasteiger partial charge in [0, 0.05) is 0 Å². The molecule has 2 heterocycles. The average Bonchev–Trinajstić information content (AvgIpc) is 2.23. The van der Waals surface area contributed by atoms with Gasteiger partial charge in [0.25, 0.3) is 5.56 Å². The predicted octanol–water partition coefficient (Wildman–Crippen LogP) is 0.129. The molecule has 15 heavy (non-hydrogen) atoms. The summed E-state index contributed by atoms with van der Waals surface area (Å²) in [5.74, 6) is -0.713. The maximum Gasteiger partial charge on any atom is 0.271 e. The SMILES string of the molecule is O=CCn1c(=O)cnc2ccc(F)nc21. The summed E-state index contributed by atoms with van der Waals surface area (Å²) < 4.78 is 13.9. The Morgan fingerprint density at radius 2 is 2.27 bits per heavy atom. The van der Waals surface area contributed by atoms with Crippen LogP contribution in [0, 0.1) is 5.95 Å². The van der Waals surface area contributed by atoms with Crippen LogP contribution in [0.2, 0.25) is 0 Å². The Bertz CT molecular complexity index is 579. The zero-order valence-corrected chi connectivity index (χ0v) is 7.55. The highest BCUT2D eigenvalue weighted by atomic mass is 19.1. The summed E-state index contributed by atoms with van der Waals surface area (Å²) >= 11 is 0. The molecular weight excluding hydrogens is 201 g/mol. The molecule has 76 valence electrons. The van der Waals surface area contributed by atoms with Crippen LogP contribution < -0.4 is 5.56 Å². The highest BCUT2D eigenvalue weighted by Gasteiger charge is 2.05. The molecule has 0 saturated heterocycles. The van der Waals surface area contributed by atoms with E-state index in [1.165, 1.54) is 6.07 Å². The molecule has 0 aliphatic heterocycles. The molecule has 0 radical (unpaired) electrons. The van der Waals surface area contributed by atoms with Crippen LogP contribution >= 0.6 is 0 Å². The number of hydrogen-bond donors (Lipinski definition) is 0. The molecule has 0 N–H and O–H groups in total. The van der Waals surface area contributed by atoms with Gasteiger partial charge in [-0.1, -0.05) is 0 Å². The van der Waals surface area contributed by atoms with E-state index in [4.69, 9.17) is 0 Å². The molecule has 0 fully saturated rings. The molecule has 0 bridgehead atoms. The van der Waals surface area contributed by atoms with Gasteiger partial charge in [-0.05, 0) is 12.1 Å². The number of nitrogens with zero attached hydrogens (tertiary/aromatic N) is 3. The van der Waals surface area contributed by atoms with E-state index in [1.807, 2.05) is 0 Å². The minimum absolute atomic E-state index is 0.0783. The molecular formula is C9H6FN3O2. The van der Waals surface area contributed by atoms with Crippen molar-refractivity contribution in [1.29, 1.82) is 0 Å². The van der Waals surface area contributed by atoms with Crippen molar-refractivity contribution >= 4 is 17.5 Å². The van der Waals surface area contributed by atoms with Crippen molar-refractivity contribution in [2.75, 3.05) is 0 Å². The van der Waals surface area contributed by atoms with Crippen LogP contribution in [0.3, 0.4) is 0 Å². The maximum absolute atomic E-state index is 12.8. The quantitative estimate of drug-likeness (QED) is 0.518. The minimum Gasteiger partial charge on any atom is -0.301 e. The lowest BCUT2D eigenvalue weighted by Crippen LogP contribution is -2.22. The smallest absolute Gasteiger partial charge is 0.271 e. The lowest BCUT2D eigenvalue weighted by molar-refractivity contribution is -0.108. The van der Waals surface area contributed by atoms with E-state index in [9.17, 15) is 14.0 Å². The van der Waals surface area contributed by atoms with Gasteiger partial charge >= 0.3 is 0 Å². The molecule has 0 spiro atoms. The van der Waals surface area contributed by atoms with E-state index in [2.05, 4.69) is 9.97 Å². The first-order chi connectivity index (χ1) is 7.22. The molecule has 2 rings (SSSR count). The van der Waals surface area contributed by atoms with Gasteiger partial charge in [-0.3, -0.25) is 9.36 Å². The third kappa shape index (κ3) is 1.61. The van der Waals surface area contributed by atoms with E-state index >= 15 is 0 Å². The van der Waals surface area contributed by atoms with Crippen LogP contribution in [0.5, 0.6) is 0 Å². The first kappa shape index (κ1) is 9.45. The molecule has 0 saturated carbocycles. The second-order valence-electron chi connectivity index (χ2n) is 2.85. The number of aldehydes is 1. The van der Waals surface area contributed by atoms with Crippen LogP contribution in [0.1, 0.15) is 0 Å². The predicted molar refractivity (Wildman–Crippen MR) is 49.8 cm³/mol. The van der Waals surface area contributed by atoms with Gasteiger partial charge in [-0.2, -0.15) is 9.37 Å². The van der Waals surface area contributed by atoms with Gasteiger partial charge in [-0.15, -0.1) is 0 Å².